The Morgan fingerprint density at radius 3 is 2.29 bits per heavy atom. The van der Waals surface area contributed by atoms with Gasteiger partial charge in [-0.3, -0.25) is 14.4 Å². The molecule has 1 spiro atoms. The van der Waals surface area contributed by atoms with Crippen molar-refractivity contribution >= 4 is 17.7 Å². The molecule has 0 radical (unpaired) electrons. The van der Waals surface area contributed by atoms with Gasteiger partial charge in [0.1, 0.15) is 12.2 Å². The van der Waals surface area contributed by atoms with Crippen LogP contribution in [0.5, 0.6) is 0 Å². The molecule has 3 rings (SSSR count). The van der Waals surface area contributed by atoms with Crippen molar-refractivity contribution in [3.05, 3.63) is 23.3 Å². The van der Waals surface area contributed by atoms with Crippen molar-refractivity contribution in [2.45, 2.75) is 71.9 Å². The van der Waals surface area contributed by atoms with E-state index in [0.29, 0.717) is 12.0 Å². The van der Waals surface area contributed by atoms with Crippen LogP contribution in [0.3, 0.4) is 0 Å². The van der Waals surface area contributed by atoms with Crippen molar-refractivity contribution < 1.29 is 39.2 Å². The summed E-state index contributed by atoms with van der Waals surface area (Å²) in [6.45, 7) is 9.03. The molecule has 8 heteroatoms. The highest BCUT2D eigenvalue weighted by Crippen LogP contribution is 2.61. The van der Waals surface area contributed by atoms with Crippen LogP contribution in [-0.4, -0.2) is 63.6 Å². The van der Waals surface area contributed by atoms with Crippen molar-refractivity contribution in [1.29, 1.82) is 0 Å². The minimum Gasteiger partial charge on any atom is -0.461 e. The average molecular weight is 437 g/mol. The average Bonchev–Trinajstić information content (AvgIpc) is 2.81. The third-order valence-corrected chi connectivity index (χ3v) is 7.27. The van der Waals surface area contributed by atoms with Crippen LogP contribution in [0.4, 0.5) is 0 Å². The predicted molar refractivity (Wildman–Crippen MR) is 109 cm³/mol. The van der Waals surface area contributed by atoms with Crippen LogP contribution in [0, 0.1) is 22.7 Å². The van der Waals surface area contributed by atoms with E-state index >= 15 is 0 Å². The Morgan fingerprint density at radius 1 is 1.19 bits per heavy atom. The molecule has 0 aromatic carbocycles. The normalized spacial score (nSPS) is 41.3. The summed E-state index contributed by atoms with van der Waals surface area (Å²) in [4.78, 5) is 37.9. The van der Waals surface area contributed by atoms with Gasteiger partial charge < -0.3 is 24.8 Å². The topological polar surface area (TPSA) is 130 Å². The zero-order valence-electron chi connectivity index (χ0n) is 18.8. The lowest BCUT2D eigenvalue weighted by Gasteiger charge is -2.48. The highest BCUT2D eigenvalue weighted by molar-refractivity contribution is 5.95. The molecule has 1 saturated carbocycles. The van der Waals surface area contributed by atoms with Gasteiger partial charge in [0.15, 0.2) is 17.5 Å². The summed E-state index contributed by atoms with van der Waals surface area (Å²) in [6, 6.07) is 0. The number of carbonyl (C=O) groups excluding carboxylic acids is 3. The SMILES string of the molecule is CC(=O)O[C@@H]1[C@@H]2C=C(CO)[C@@H](O)[C@]3(O)[C@@H](OC(C)=O)C(C)=C[C@@]3(C2=O)[C@H](C)CC1(C)C. The second-order valence-electron chi connectivity index (χ2n) is 9.89. The van der Waals surface area contributed by atoms with Gasteiger partial charge in [0, 0.05) is 19.3 Å². The van der Waals surface area contributed by atoms with Gasteiger partial charge in [0.2, 0.25) is 0 Å². The number of aliphatic hydroxyl groups is 3. The smallest absolute Gasteiger partial charge is 0.303 e. The van der Waals surface area contributed by atoms with Crippen LogP contribution in [0.2, 0.25) is 0 Å². The van der Waals surface area contributed by atoms with Crippen LogP contribution < -0.4 is 0 Å². The molecule has 7 atom stereocenters. The number of Topliss-reactive ketones (excluding diaryl/α,β-unsaturated/α-hetero) is 1. The molecule has 0 aliphatic heterocycles. The van der Waals surface area contributed by atoms with E-state index in [-0.39, 0.29) is 5.57 Å². The monoisotopic (exact) mass is 436 g/mol. The number of esters is 2. The first-order chi connectivity index (χ1) is 14.2. The molecule has 1 fully saturated rings. The Morgan fingerprint density at radius 2 is 1.77 bits per heavy atom. The minimum atomic E-state index is -2.22. The fourth-order valence-electron chi connectivity index (χ4n) is 6.17. The molecule has 172 valence electrons. The number of hydrogen-bond donors (Lipinski definition) is 3. The van der Waals surface area contributed by atoms with E-state index in [4.69, 9.17) is 9.47 Å². The fraction of sp³-hybridized carbons (Fsp3) is 0.696. The highest BCUT2D eigenvalue weighted by Gasteiger charge is 2.73. The summed E-state index contributed by atoms with van der Waals surface area (Å²) < 4.78 is 11.0. The molecule has 3 aliphatic rings. The number of hydrogen-bond acceptors (Lipinski definition) is 8. The maximum atomic E-state index is 14.2. The Bertz CT molecular complexity index is 871. The van der Waals surface area contributed by atoms with Crippen molar-refractivity contribution in [2.75, 3.05) is 6.61 Å². The number of fused-ring (bicyclic) bond motifs is 1. The zero-order chi connectivity index (χ0) is 23.5. The third-order valence-electron chi connectivity index (χ3n) is 7.27. The molecular weight excluding hydrogens is 404 g/mol. The standard InChI is InChI=1S/C23H32O8/c1-11-8-22-12(2)9-21(5,6)20(31-14(4)26)16(18(22)28)7-15(10-24)17(27)23(22,29)19(11)30-13(3)25/h7-8,12,16-17,19-20,24,27,29H,9-10H2,1-6H3/t12-,16-,17-,19+,20-,22+,23+/m1/s1. The summed E-state index contributed by atoms with van der Waals surface area (Å²) in [5, 5.41) is 33.4. The lowest BCUT2D eigenvalue weighted by molar-refractivity contribution is -0.202. The van der Waals surface area contributed by atoms with Crippen LogP contribution in [0.25, 0.3) is 0 Å². The Kier molecular flexibility index (Phi) is 5.74. The van der Waals surface area contributed by atoms with E-state index in [1.165, 1.54) is 19.9 Å². The number of aliphatic hydroxyl groups excluding tert-OH is 2. The first-order valence-electron chi connectivity index (χ1n) is 10.5. The van der Waals surface area contributed by atoms with Gasteiger partial charge in [-0.2, -0.15) is 0 Å². The third kappa shape index (κ3) is 3.18. The molecule has 3 aliphatic carbocycles. The van der Waals surface area contributed by atoms with Gasteiger partial charge in [0.05, 0.1) is 17.9 Å². The van der Waals surface area contributed by atoms with Gasteiger partial charge in [-0.25, -0.2) is 0 Å². The van der Waals surface area contributed by atoms with E-state index in [9.17, 15) is 29.7 Å². The molecule has 0 saturated heterocycles. The van der Waals surface area contributed by atoms with Gasteiger partial charge in [-0.15, -0.1) is 0 Å². The fourth-order valence-corrected chi connectivity index (χ4v) is 6.17. The lowest BCUT2D eigenvalue weighted by atomic mass is 9.59. The summed E-state index contributed by atoms with van der Waals surface area (Å²) in [6.07, 6.45) is -0.408. The predicted octanol–water partition coefficient (Wildman–Crippen LogP) is 1.07. The zero-order valence-corrected chi connectivity index (χ0v) is 18.8. The molecule has 3 N–H and O–H groups in total. The quantitative estimate of drug-likeness (QED) is 0.442. The molecule has 8 nitrogen and oxygen atoms in total. The van der Waals surface area contributed by atoms with Gasteiger partial charge in [-0.1, -0.05) is 32.9 Å². The molecule has 0 heterocycles. The van der Waals surface area contributed by atoms with E-state index in [1.54, 1.807) is 19.9 Å². The van der Waals surface area contributed by atoms with Crippen molar-refractivity contribution in [3.8, 4) is 0 Å². The van der Waals surface area contributed by atoms with Gasteiger partial charge in [0.25, 0.3) is 0 Å². The molecule has 0 aromatic heterocycles. The number of rotatable bonds is 3. The summed E-state index contributed by atoms with van der Waals surface area (Å²) >= 11 is 0. The van der Waals surface area contributed by atoms with E-state index in [0.717, 1.165) is 0 Å². The first kappa shape index (κ1) is 23.6. The molecule has 31 heavy (non-hydrogen) atoms. The summed E-state index contributed by atoms with van der Waals surface area (Å²) in [5.74, 6) is -3.16. The first-order valence-corrected chi connectivity index (χ1v) is 10.5. The molecule has 0 unspecified atom stereocenters. The van der Waals surface area contributed by atoms with E-state index < -0.39 is 70.9 Å². The summed E-state index contributed by atoms with van der Waals surface area (Å²) in [5.41, 5.74) is -4.02. The summed E-state index contributed by atoms with van der Waals surface area (Å²) in [7, 11) is 0. The largest absolute Gasteiger partial charge is 0.461 e. The Hall–Kier alpha value is -2.03. The van der Waals surface area contributed by atoms with Crippen LogP contribution in [0.1, 0.15) is 48.0 Å². The van der Waals surface area contributed by atoms with Gasteiger partial charge >= 0.3 is 11.9 Å². The number of ether oxygens (including phenoxy) is 2. The van der Waals surface area contributed by atoms with Crippen LogP contribution >= 0.6 is 0 Å². The second kappa shape index (κ2) is 7.53. The highest BCUT2D eigenvalue weighted by atomic mass is 16.6. The molecule has 2 bridgehead atoms. The maximum absolute atomic E-state index is 14.2. The van der Waals surface area contributed by atoms with E-state index in [2.05, 4.69) is 0 Å². The van der Waals surface area contributed by atoms with Crippen molar-refractivity contribution in [2.24, 2.45) is 22.7 Å². The van der Waals surface area contributed by atoms with E-state index in [1.807, 2.05) is 13.8 Å². The number of ketones is 1. The Labute approximate surface area is 181 Å². The molecular formula is C23H32O8. The van der Waals surface area contributed by atoms with Crippen LogP contribution in [-0.2, 0) is 23.9 Å². The second-order valence-corrected chi connectivity index (χ2v) is 9.89. The molecule has 0 aromatic rings. The minimum absolute atomic E-state index is 0.0185. The lowest BCUT2D eigenvalue weighted by Crippen LogP contribution is -2.65. The number of carbonyl (C=O) groups is 3. The van der Waals surface area contributed by atoms with Crippen LogP contribution in [0.15, 0.2) is 23.3 Å². The van der Waals surface area contributed by atoms with Crippen molar-refractivity contribution in [3.63, 3.8) is 0 Å². The Balaban J connectivity index is 2.35. The van der Waals surface area contributed by atoms with Gasteiger partial charge in [-0.05, 0) is 30.4 Å². The maximum Gasteiger partial charge on any atom is 0.303 e. The molecule has 0 amide bonds. The van der Waals surface area contributed by atoms with Crippen molar-refractivity contribution in [1.82, 2.24) is 0 Å².